The second kappa shape index (κ2) is 59.7. The SMILES string of the molecule is CCCCCCCCCCC/C=C\C/C=C\CCCCCCCCCCCCCCC(O)C(=O)NC(CO)C(O)C(O)CCCCCCCCCCCCCCCCCCCCCCCCCCCCC. The Kier molecular flexibility index (Phi) is 58.6. The van der Waals surface area contributed by atoms with E-state index in [9.17, 15) is 25.2 Å². The summed E-state index contributed by atoms with van der Waals surface area (Å²) in [5.74, 6) is -0.579. The van der Waals surface area contributed by atoms with Crippen LogP contribution in [0.2, 0.25) is 0 Å². The lowest BCUT2D eigenvalue weighted by atomic mass is 9.99. The van der Waals surface area contributed by atoms with Crippen molar-refractivity contribution >= 4 is 5.91 Å². The highest BCUT2D eigenvalue weighted by molar-refractivity contribution is 5.80. The third-order valence-corrected chi connectivity index (χ3v) is 15.4. The molecule has 0 saturated heterocycles. The van der Waals surface area contributed by atoms with Crippen LogP contribution in [0.15, 0.2) is 24.3 Å². The van der Waals surface area contributed by atoms with E-state index in [4.69, 9.17) is 0 Å². The van der Waals surface area contributed by atoms with Crippen LogP contribution in [0.5, 0.6) is 0 Å². The summed E-state index contributed by atoms with van der Waals surface area (Å²) < 4.78 is 0. The Morgan fingerprint density at radius 2 is 0.606 bits per heavy atom. The molecule has 0 fully saturated rings. The van der Waals surface area contributed by atoms with Crippen LogP contribution in [0, 0.1) is 0 Å². The number of unbranched alkanes of at least 4 members (excludes halogenated alkanes) is 47. The van der Waals surface area contributed by atoms with E-state index in [1.54, 1.807) is 0 Å². The van der Waals surface area contributed by atoms with Crippen molar-refractivity contribution in [3.05, 3.63) is 24.3 Å². The quantitative estimate of drug-likeness (QED) is 0.0308. The molecule has 422 valence electrons. The molecule has 6 heteroatoms. The second-order valence-corrected chi connectivity index (χ2v) is 22.5. The third-order valence-electron chi connectivity index (χ3n) is 15.4. The predicted molar refractivity (Wildman–Crippen MR) is 311 cm³/mol. The van der Waals surface area contributed by atoms with Gasteiger partial charge in [0, 0.05) is 0 Å². The number of carbonyl (C=O) groups is 1. The molecule has 0 aromatic carbocycles. The molecule has 0 heterocycles. The van der Waals surface area contributed by atoms with Gasteiger partial charge in [-0.2, -0.15) is 0 Å². The van der Waals surface area contributed by atoms with Crippen molar-refractivity contribution in [1.82, 2.24) is 5.32 Å². The van der Waals surface area contributed by atoms with E-state index in [0.29, 0.717) is 12.8 Å². The summed E-state index contributed by atoms with van der Waals surface area (Å²) in [4.78, 5) is 12.6. The lowest BCUT2D eigenvalue weighted by Crippen LogP contribution is -2.53. The summed E-state index contributed by atoms with van der Waals surface area (Å²) in [7, 11) is 0. The molecule has 0 saturated carbocycles. The van der Waals surface area contributed by atoms with Gasteiger partial charge in [0.05, 0.1) is 18.8 Å². The largest absolute Gasteiger partial charge is 0.394 e. The fourth-order valence-corrected chi connectivity index (χ4v) is 10.4. The van der Waals surface area contributed by atoms with Crippen LogP contribution >= 0.6 is 0 Å². The van der Waals surface area contributed by atoms with Gasteiger partial charge in [0.25, 0.3) is 0 Å². The van der Waals surface area contributed by atoms with Crippen molar-refractivity contribution in [1.29, 1.82) is 0 Å². The van der Waals surface area contributed by atoms with E-state index >= 15 is 0 Å². The van der Waals surface area contributed by atoms with Crippen LogP contribution in [0.3, 0.4) is 0 Å². The number of hydrogen-bond donors (Lipinski definition) is 5. The van der Waals surface area contributed by atoms with Gasteiger partial charge in [-0.3, -0.25) is 4.79 Å². The number of allylic oxidation sites excluding steroid dienone is 4. The molecule has 0 spiro atoms. The van der Waals surface area contributed by atoms with Crippen molar-refractivity contribution in [3.63, 3.8) is 0 Å². The Bertz CT molecular complexity index is 1080. The summed E-state index contributed by atoms with van der Waals surface area (Å²) in [6, 6.07) is -0.986. The van der Waals surface area contributed by atoms with E-state index in [1.807, 2.05) is 0 Å². The van der Waals surface area contributed by atoms with Crippen LogP contribution < -0.4 is 5.32 Å². The van der Waals surface area contributed by atoms with Gasteiger partial charge in [0.15, 0.2) is 0 Å². The number of carbonyl (C=O) groups excluding carboxylic acids is 1. The van der Waals surface area contributed by atoms with Crippen LogP contribution in [0.25, 0.3) is 0 Å². The Morgan fingerprint density at radius 3 is 0.887 bits per heavy atom. The maximum absolute atomic E-state index is 12.6. The number of rotatable bonds is 60. The first-order valence-corrected chi connectivity index (χ1v) is 32.2. The van der Waals surface area contributed by atoms with Gasteiger partial charge in [-0.1, -0.05) is 334 Å². The molecule has 1 amide bonds. The van der Waals surface area contributed by atoms with E-state index in [2.05, 4.69) is 43.5 Å². The monoisotopic (exact) mass is 1000 g/mol. The Labute approximate surface area is 444 Å². The fraction of sp³-hybridized carbons (Fsp3) is 0.923. The Hall–Kier alpha value is -1.21. The summed E-state index contributed by atoms with van der Waals surface area (Å²) in [6.07, 6.45) is 74.1. The van der Waals surface area contributed by atoms with E-state index in [-0.39, 0.29) is 0 Å². The summed E-state index contributed by atoms with van der Waals surface area (Å²) in [6.45, 7) is 4.10. The van der Waals surface area contributed by atoms with E-state index in [0.717, 1.165) is 44.9 Å². The average molecular weight is 1000 g/mol. The molecular weight excluding hydrogens is 875 g/mol. The number of aliphatic hydroxyl groups is 4. The van der Waals surface area contributed by atoms with Gasteiger partial charge < -0.3 is 25.7 Å². The Balaban J connectivity index is 3.57. The highest BCUT2D eigenvalue weighted by Crippen LogP contribution is 2.19. The fourth-order valence-electron chi connectivity index (χ4n) is 10.4. The zero-order chi connectivity index (χ0) is 51.6. The molecule has 0 aromatic rings. The van der Waals surface area contributed by atoms with Gasteiger partial charge in [-0.25, -0.2) is 0 Å². The molecule has 0 aliphatic rings. The predicted octanol–water partition coefficient (Wildman–Crippen LogP) is 19.4. The minimum Gasteiger partial charge on any atom is -0.394 e. The van der Waals surface area contributed by atoms with Crippen molar-refractivity contribution in [3.8, 4) is 0 Å². The maximum atomic E-state index is 12.6. The number of amides is 1. The Morgan fingerprint density at radius 1 is 0.352 bits per heavy atom. The van der Waals surface area contributed by atoms with Crippen LogP contribution in [0.4, 0.5) is 0 Å². The summed E-state index contributed by atoms with van der Waals surface area (Å²) in [5.41, 5.74) is 0. The van der Waals surface area contributed by atoms with Crippen molar-refractivity contribution in [2.45, 2.75) is 379 Å². The van der Waals surface area contributed by atoms with E-state index in [1.165, 1.54) is 283 Å². The topological polar surface area (TPSA) is 110 Å². The molecule has 0 aliphatic heterocycles. The molecule has 4 unspecified atom stereocenters. The molecule has 0 rings (SSSR count). The van der Waals surface area contributed by atoms with Gasteiger partial charge in [-0.05, 0) is 44.9 Å². The smallest absolute Gasteiger partial charge is 0.249 e. The first kappa shape index (κ1) is 69.8. The molecular formula is C65H127NO5. The first-order valence-electron chi connectivity index (χ1n) is 32.2. The zero-order valence-corrected chi connectivity index (χ0v) is 48.0. The third kappa shape index (κ3) is 53.4. The van der Waals surface area contributed by atoms with Gasteiger partial charge in [0.1, 0.15) is 12.2 Å². The van der Waals surface area contributed by atoms with Crippen LogP contribution in [0.1, 0.15) is 354 Å². The maximum Gasteiger partial charge on any atom is 0.249 e. The lowest BCUT2D eigenvalue weighted by Gasteiger charge is -2.27. The zero-order valence-electron chi connectivity index (χ0n) is 48.0. The van der Waals surface area contributed by atoms with Gasteiger partial charge in [-0.15, -0.1) is 0 Å². The molecule has 6 nitrogen and oxygen atoms in total. The highest BCUT2D eigenvalue weighted by atomic mass is 16.3. The minimum atomic E-state index is -1.26. The van der Waals surface area contributed by atoms with Gasteiger partial charge >= 0.3 is 0 Å². The average Bonchev–Trinajstić information content (AvgIpc) is 3.38. The van der Waals surface area contributed by atoms with Crippen molar-refractivity contribution in [2.24, 2.45) is 0 Å². The van der Waals surface area contributed by atoms with Gasteiger partial charge in [0.2, 0.25) is 5.91 Å². The highest BCUT2D eigenvalue weighted by Gasteiger charge is 2.28. The van der Waals surface area contributed by atoms with Crippen molar-refractivity contribution in [2.75, 3.05) is 6.61 Å². The molecule has 71 heavy (non-hydrogen) atoms. The minimum absolute atomic E-state index is 0.370. The molecule has 0 aromatic heterocycles. The first-order chi connectivity index (χ1) is 35.0. The van der Waals surface area contributed by atoms with E-state index < -0.39 is 36.9 Å². The number of aliphatic hydroxyl groups excluding tert-OH is 4. The van der Waals surface area contributed by atoms with Crippen LogP contribution in [-0.2, 0) is 4.79 Å². The number of hydrogen-bond acceptors (Lipinski definition) is 5. The summed E-state index contributed by atoms with van der Waals surface area (Å²) in [5, 5.41) is 44.2. The molecule has 0 radical (unpaired) electrons. The standard InChI is InChI=1S/C65H127NO5/c1-3-5-7-9-11-13-15-17-19-21-23-25-27-29-31-33-35-37-39-41-43-45-47-49-51-53-55-57-59-63(69)65(71)66-61(60-67)64(70)62(68)58-56-54-52-50-48-46-44-42-40-38-36-34-32-30-28-26-24-22-20-18-16-14-12-10-8-6-4-2/h23,25,29,31,61-64,67-70H,3-22,24,26-28,30,32-60H2,1-2H3,(H,66,71)/b25-23-,31-29-. The summed E-state index contributed by atoms with van der Waals surface area (Å²) >= 11 is 0. The molecule has 4 atom stereocenters. The molecule has 0 bridgehead atoms. The second-order valence-electron chi connectivity index (χ2n) is 22.5. The normalized spacial score (nSPS) is 13.7. The van der Waals surface area contributed by atoms with Crippen LogP contribution in [-0.4, -0.2) is 57.3 Å². The van der Waals surface area contributed by atoms with Crippen molar-refractivity contribution < 1.29 is 25.2 Å². The lowest BCUT2D eigenvalue weighted by molar-refractivity contribution is -0.132. The molecule has 5 N–H and O–H groups in total. The number of nitrogens with one attached hydrogen (secondary N) is 1. The molecule has 0 aliphatic carbocycles.